The fourth-order valence-electron chi connectivity index (χ4n) is 3.54. The van der Waals surface area contributed by atoms with Gasteiger partial charge in [0.1, 0.15) is 0 Å². The van der Waals surface area contributed by atoms with Gasteiger partial charge in [-0.1, -0.05) is 38.8 Å². The van der Waals surface area contributed by atoms with Gasteiger partial charge in [-0.15, -0.1) is 0 Å². The van der Waals surface area contributed by atoms with Gasteiger partial charge in [-0.25, -0.2) is 4.98 Å². The first-order chi connectivity index (χ1) is 9.09. The Labute approximate surface area is 114 Å². The highest BCUT2D eigenvalue weighted by molar-refractivity contribution is 5.81. The molecule has 1 heterocycles. The predicted octanol–water partition coefficient (Wildman–Crippen LogP) is 3.92. The van der Waals surface area contributed by atoms with Crippen molar-refractivity contribution in [3.8, 4) is 0 Å². The average molecular weight is 257 g/mol. The molecule has 1 aliphatic carbocycles. The number of imidazole rings is 1. The Kier molecular flexibility index (Phi) is 3.00. The van der Waals surface area contributed by atoms with Crippen molar-refractivity contribution in [3.05, 3.63) is 23.8 Å². The van der Waals surface area contributed by atoms with Gasteiger partial charge >= 0.3 is 0 Å². The van der Waals surface area contributed by atoms with Crippen LogP contribution in [0.15, 0.2) is 18.2 Å². The van der Waals surface area contributed by atoms with Crippen LogP contribution in [0.2, 0.25) is 0 Å². The van der Waals surface area contributed by atoms with E-state index in [1.54, 1.807) is 0 Å². The second-order valence-electron chi connectivity index (χ2n) is 6.12. The second-order valence-corrected chi connectivity index (χ2v) is 6.12. The molecule has 0 spiro atoms. The summed E-state index contributed by atoms with van der Waals surface area (Å²) in [7, 11) is 0. The number of nitrogen functional groups attached to an aromatic ring is 1. The van der Waals surface area contributed by atoms with E-state index in [0.717, 1.165) is 11.4 Å². The summed E-state index contributed by atoms with van der Waals surface area (Å²) in [6, 6.07) is 6.85. The molecule has 3 nitrogen and oxygen atoms in total. The summed E-state index contributed by atoms with van der Waals surface area (Å²) in [5.41, 5.74) is 9.68. The summed E-state index contributed by atoms with van der Waals surface area (Å²) in [5.74, 6) is 2.10. The van der Waals surface area contributed by atoms with E-state index in [4.69, 9.17) is 5.73 Å². The molecule has 1 saturated carbocycles. The van der Waals surface area contributed by atoms with Gasteiger partial charge < -0.3 is 10.3 Å². The number of nitrogens with two attached hydrogens (primary N) is 1. The zero-order chi connectivity index (χ0) is 13.6. The van der Waals surface area contributed by atoms with Crippen molar-refractivity contribution in [1.29, 1.82) is 0 Å². The molecule has 19 heavy (non-hydrogen) atoms. The minimum absolute atomic E-state index is 0.496. The molecule has 1 aromatic carbocycles. The summed E-state index contributed by atoms with van der Waals surface area (Å²) in [6.07, 6.45) is 3.85. The topological polar surface area (TPSA) is 43.8 Å². The zero-order valence-corrected chi connectivity index (χ0v) is 12.1. The Morgan fingerprint density at radius 1 is 1.26 bits per heavy atom. The Morgan fingerprint density at radius 2 is 2.05 bits per heavy atom. The number of anilines is 1. The summed E-state index contributed by atoms with van der Waals surface area (Å²) in [5, 5.41) is 0. The lowest BCUT2D eigenvalue weighted by atomic mass is 9.78. The summed E-state index contributed by atoms with van der Waals surface area (Å²) in [6.45, 7) is 6.82. The predicted molar refractivity (Wildman–Crippen MR) is 80.1 cm³/mol. The van der Waals surface area contributed by atoms with Crippen LogP contribution in [-0.4, -0.2) is 9.55 Å². The van der Waals surface area contributed by atoms with Gasteiger partial charge in [-0.05, 0) is 36.8 Å². The number of nitrogens with zero attached hydrogens (tertiary/aromatic N) is 2. The first kappa shape index (κ1) is 12.5. The van der Waals surface area contributed by atoms with Crippen LogP contribution < -0.4 is 5.73 Å². The fraction of sp³-hybridized carbons (Fsp3) is 0.562. The number of hydrogen-bond donors (Lipinski definition) is 1. The molecule has 3 rings (SSSR count). The maximum absolute atomic E-state index is 6.21. The Bertz CT molecular complexity index is 599. The standard InChI is InChI=1S/C16H23N3/c1-10-6-4-8-13(12(10)3)19-14-9-5-7-11(2)15(14)18-16(19)17/h5,7,9-10,12-13H,4,6,8H2,1-3H3,(H2,17,18). The van der Waals surface area contributed by atoms with Crippen molar-refractivity contribution in [3.63, 3.8) is 0 Å². The molecular weight excluding hydrogens is 234 g/mol. The minimum Gasteiger partial charge on any atom is -0.369 e. The lowest BCUT2D eigenvalue weighted by Gasteiger charge is -2.35. The first-order valence-corrected chi connectivity index (χ1v) is 7.32. The van der Waals surface area contributed by atoms with Crippen LogP contribution in [-0.2, 0) is 0 Å². The van der Waals surface area contributed by atoms with E-state index in [1.807, 2.05) is 0 Å². The van der Waals surface area contributed by atoms with E-state index in [1.165, 1.54) is 30.3 Å². The Hall–Kier alpha value is -1.51. The van der Waals surface area contributed by atoms with Crippen LogP contribution in [0.1, 0.15) is 44.7 Å². The minimum atomic E-state index is 0.496. The van der Waals surface area contributed by atoms with Gasteiger partial charge in [0.15, 0.2) is 0 Å². The lowest BCUT2D eigenvalue weighted by Crippen LogP contribution is -2.27. The third kappa shape index (κ3) is 1.92. The molecule has 3 heteroatoms. The van der Waals surface area contributed by atoms with Crippen LogP contribution in [0.5, 0.6) is 0 Å². The lowest BCUT2D eigenvalue weighted by molar-refractivity contribution is 0.191. The molecule has 0 saturated heterocycles. The third-order valence-corrected chi connectivity index (χ3v) is 4.94. The Balaban J connectivity index is 2.14. The van der Waals surface area contributed by atoms with Gasteiger partial charge in [-0.2, -0.15) is 0 Å². The van der Waals surface area contributed by atoms with E-state index in [2.05, 4.69) is 48.5 Å². The summed E-state index contributed by atoms with van der Waals surface area (Å²) < 4.78 is 2.28. The van der Waals surface area contributed by atoms with Crippen LogP contribution in [0.3, 0.4) is 0 Å². The van der Waals surface area contributed by atoms with Crippen LogP contribution in [0.4, 0.5) is 5.95 Å². The maximum Gasteiger partial charge on any atom is 0.201 e. The number of fused-ring (bicyclic) bond motifs is 1. The SMILES string of the molecule is Cc1cccc2c1nc(N)n2C1CCCC(C)C1C. The van der Waals surface area contributed by atoms with Crippen molar-refractivity contribution in [2.24, 2.45) is 11.8 Å². The quantitative estimate of drug-likeness (QED) is 0.841. The Morgan fingerprint density at radius 3 is 2.84 bits per heavy atom. The highest BCUT2D eigenvalue weighted by atomic mass is 15.2. The van der Waals surface area contributed by atoms with Crippen molar-refractivity contribution in [2.45, 2.75) is 46.1 Å². The monoisotopic (exact) mass is 257 g/mol. The maximum atomic E-state index is 6.21. The van der Waals surface area contributed by atoms with Gasteiger partial charge in [0, 0.05) is 6.04 Å². The van der Waals surface area contributed by atoms with Crippen molar-refractivity contribution in [1.82, 2.24) is 9.55 Å². The highest BCUT2D eigenvalue weighted by Gasteiger charge is 2.30. The molecule has 2 aromatic rings. The number of para-hydroxylation sites is 1. The molecular formula is C16H23N3. The van der Waals surface area contributed by atoms with Gasteiger partial charge in [-0.3, -0.25) is 0 Å². The molecule has 0 radical (unpaired) electrons. The second kappa shape index (κ2) is 4.55. The normalized spacial score (nSPS) is 27.8. The summed E-state index contributed by atoms with van der Waals surface area (Å²) in [4.78, 5) is 4.59. The van der Waals surface area contributed by atoms with Gasteiger partial charge in [0.05, 0.1) is 11.0 Å². The van der Waals surface area contributed by atoms with Crippen LogP contribution in [0, 0.1) is 18.8 Å². The van der Waals surface area contributed by atoms with Crippen molar-refractivity contribution < 1.29 is 0 Å². The van der Waals surface area contributed by atoms with Crippen LogP contribution in [0.25, 0.3) is 11.0 Å². The fourth-order valence-corrected chi connectivity index (χ4v) is 3.54. The molecule has 0 bridgehead atoms. The molecule has 1 fully saturated rings. The molecule has 3 unspecified atom stereocenters. The molecule has 0 amide bonds. The number of hydrogen-bond acceptors (Lipinski definition) is 2. The number of rotatable bonds is 1. The first-order valence-electron chi connectivity index (χ1n) is 7.32. The van der Waals surface area contributed by atoms with E-state index in [-0.39, 0.29) is 0 Å². The zero-order valence-electron chi connectivity index (χ0n) is 12.1. The van der Waals surface area contributed by atoms with E-state index < -0.39 is 0 Å². The third-order valence-electron chi connectivity index (χ3n) is 4.94. The van der Waals surface area contributed by atoms with Crippen LogP contribution >= 0.6 is 0 Å². The van der Waals surface area contributed by atoms with E-state index >= 15 is 0 Å². The van der Waals surface area contributed by atoms with Gasteiger partial charge in [0.25, 0.3) is 0 Å². The molecule has 1 aliphatic rings. The molecule has 0 aliphatic heterocycles. The largest absolute Gasteiger partial charge is 0.369 e. The van der Waals surface area contributed by atoms with E-state index in [0.29, 0.717) is 17.9 Å². The number of aromatic nitrogens is 2. The number of aryl methyl sites for hydroxylation is 1. The van der Waals surface area contributed by atoms with E-state index in [9.17, 15) is 0 Å². The molecule has 2 N–H and O–H groups in total. The molecule has 102 valence electrons. The number of benzene rings is 1. The van der Waals surface area contributed by atoms with Crippen molar-refractivity contribution >= 4 is 17.0 Å². The summed E-state index contributed by atoms with van der Waals surface area (Å²) >= 11 is 0. The molecule has 1 aromatic heterocycles. The van der Waals surface area contributed by atoms with Gasteiger partial charge in [0.2, 0.25) is 5.95 Å². The van der Waals surface area contributed by atoms with Crippen molar-refractivity contribution in [2.75, 3.05) is 5.73 Å². The molecule has 3 atom stereocenters. The average Bonchev–Trinajstić information content (AvgIpc) is 2.71. The highest BCUT2D eigenvalue weighted by Crippen LogP contribution is 2.40. The smallest absolute Gasteiger partial charge is 0.201 e.